The van der Waals surface area contributed by atoms with Crippen LogP contribution in [0.1, 0.15) is 54.2 Å². The third-order valence-electron chi connectivity index (χ3n) is 5.96. The number of aliphatic carboxylic acids is 1. The Morgan fingerprint density at radius 3 is 2.72 bits per heavy atom. The monoisotopic (exact) mass is 391 g/mol. The van der Waals surface area contributed by atoms with E-state index in [2.05, 4.69) is 5.18 Å². The summed E-state index contributed by atoms with van der Waals surface area (Å²) in [7, 11) is 0. The van der Waals surface area contributed by atoms with Crippen molar-refractivity contribution >= 4 is 16.9 Å². The second-order valence-electron chi connectivity index (χ2n) is 7.88. The molecule has 2 aromatic carbocycles. The first-order valence-electron chi connectivity index (χ1n) is 10.3. The number of nitrogens with zero attached hydrogens (tertiary/aromatic N) is 1. The van der Waals surface area contributed by atoms with Crippen LogP contribution in [0.2, 0.25) is 0 Å². The Balaban J connectivity index is 1.45. The molecule has 4 rings (SSSR count). The molecule has 1 aliphatic rings. The van der Waals surface area contributed by atoms with Crippen LogP contribution in [0.4, 0.5) is 0 Å². The van der Waals surface area contributed by atoms with E-state index >= 15 is 0 Å². The zero-order valence-corrected chi connectivity index (χ0v) is 16.3. The summed E-state index contributed by atoms with van der Waals surface area (Å²) >= 11 is 0. The van der Waals surface area contributed by atoms with Gasteiger partial charge in [0.1, 0.15) is 17.4 Å². The molecule has 0 fully saturated rings. The minimum absolute atomic E-state index is 0.208. The van der Waals surface area contributed by atoms with Crippen molar-refractivity contribution in [1.29, 1.82) is 0 Å². The maximum absolute atomic E-state index is 11.8. The SMILES string of the molecule is O=NC(CC(CCCc1ccccc1)C(=O)O)c1ccc2c3c(oc2c1)CCC3. The lowest BCUT2D eigenvalue weighted by molar-refractivity contribution is -0.142. The maximum atomic E-state index is 11.8. The van der Waals surface area contributed by atoms with Gasteiger partial charge in [-0.25, -0.2) is 0 Å². The van der Waals surface area contributed by atoms with Crippen LogP contribution in [0.25, 0.3) is 11.0 Å². The molecule has 0 radical (unpaired) electrons. The lowest BCUT2D eigenvalue weighted by Gasteiger charge is -2.16. The van der Waals surface area contributed by atoms with Gasteiger partial charge in [0.2, 0.25) is 0 Å². The van der Waals surface area contributed by atoms with E-state index in [1.807, 2.05) is 48.5 Å². The van der Waals surface area contributed by atoms with Crippen molar-refractivity contribution in [3.63, 3.8) is 0 Å². The van der Waals surface area contributed by atoms with E-state index in [9.17, 15) is 14.8 Å². The van der Waals surface area contributed by atoms with Crippen LogP contribution in [0.3, 0.4) is 0 Å². The predicted molar refractivity (Wildman–Crippen MR) is 112 cm³/mol. The molecule has 1 N–H and O–H groups in total. The summed E-state index contributed by atoms with van der Waals surface area (Å²) in [6, 6.07) is 15.1. The summed E-state index contributed by atoms with van der Waals surface area (Å²) in [4.78, 5) is 23.3. The topological polar surface area (TPSA) is 79.9 Å². The summed E-state index contributed by atoms with van der Waals surface area (Å²) < 4.78 is 5.95. The molecular formula is C24H25NO4. The highest BCUT2D eigenvalue weighted by atomic mass is 16.4. The summed E-state index contributed by atoms with van der Waals surface area (Å²) in [5, 5.41) is 14.0. The third kappa shape index (κ3) is 4.24. The van der Waals surface area contributed by atoms with Crippen LogP contribution in [-0.2, 0) is 24.1 Å². The molecule has 0 amide bonds. The van der Waals surface area contributed by atoms with Crippen molar-refractivity contribution < 1.29 is 14.3 Å². The smallest absolute Gasteiger partial charge is 0.306 e. The van der Waals surface area contributed by atoms with E-state index in [0.29, 0.717) is 6.42 Å². The van der Waals surface area contributed by atoms with Crippen LogP contribution >= 0.6 is 0 Å². The van der Waals surface area contributed by atoms with Crippen molar-refractivity contribution in [1.82, 2.24) is 0 Å². The molecule has 5 heteroatoms. The van der Waals surface area contributed by atoms with E-state index in [1.54, 1.807) is 0 Å². The highest BCUT2D eigenvalue weighted by Crippen LogP contribution is 2.36. The fraction of sp³-hybridized carbons (Fsp3) is 0.375. The third-order valence-corrected chi connectivity index (χ3v) is 5.96. The minimum atomic E-state index is -0.871. The van der Waals surface area contributed by atoms with E-state index in [4.69, 9.17) is 4.42 Å². The molecule has 2 unspecified atom stereocenters. The van der Waals surface area contributed by atoms with Gasteiger partial charge in [0.05, 0.1) is 5.92 Å². The second-order valence-corrected chi connectivity index (χ2v) is 7.88. The van der Waals surface area contributed by atoms with Crippen LogP contribution in [-0.4, -0.2) is 11.1 Å². The zero-order valence-electron chi connectivity index (χ0n) is 16.3. The number of fused-ring (bicyclic) bond motifs is 3. The average Bonchev–Trinajstić information content (AvgIpc) is 3.32. The minimum Gasteiger partial charge on any atom is -0.481 e. The first-order chi connectivity index (χ1) is 14.2. The lowest BCUT2D eigenvalue weighted by Crippen LogP contribution is -2.17. The first kappa shape index (κ1) is 19.4. The van der Waals surface area contributed by atoms with Crippen molar-refractivity contribution in [2.45, 2.75) is 51.0 Å². The fourth-order valence-electron chi connectivity index (χ4n) is 4.38. The standard InChI is InChI=1S/C24H25NO4/c26-24(27)18(9-4-8-16-6-2-1-3-7-16)14-21(25-28)17-12-13-20-19-10-5-11-22(19)29-23(20)15-17/h1-3,6-7,12-13,15,18,21H,4-5,8-11,14H2,(H,26,27). The Labute approximate surface area is 169 Å². The second kappa shape index (κ2) is 8.60. The number of carboxylic acids is 1. The number of nitroso groups, excluding NO2 is 1. The van der Waals surface area contributed by atoms with Gasteiger partial charge in [-0.1, -0.05) is 47.6 Å². The summed E-state index contributed by atoms with van der Waals surface area (Å²) in [6.07, 6.45) is 5.42. The molecule has 1 aliphatic carbocycles. The number of aryl methyl sites for hydroxylation is 3. The van der Waals surface area contributed by atoms with Crippen molar-refractivity contribution in [3.05, 3.63) is 75.9 Å². The molecule has 0 saturated heterocycles. The van der Waals surface area contributed by atoms with E-state index in [1.165, 1.54) is 11.1 Å². The summed E-state index contributed by atoms with van der Waals surface area (Å²) in [5.41, 5.74) is 3.97. The average molecular weight is 391 g/mol. The molecule has 0 aliphatic heterocycles. The van der Waals surface area contributed by atoms with Gasteiger partial charge in [0.25, 0.3) is 0 Å². The van der Waals surface area contributed by atoms with Gasteiger partial charge in [-0.15, -0.1) is 0 Å². The molecule has 1 aromatic heterocycles. The summed E-state index contributed by atoms with van der Waals surface area (Å²) in [5.74, 6) is -0.430. The van der Waals surface area contributed by atoms with Crippen LogP contribution < -0.4 is 0 Å². The fourth-order valence-corrected chi connectivity index (χ4v) is 4.38. The molecule has 5 nitrogen and oxygen atoms in total. The number of rotatable bonds is 9. The number of hydrogen-bond acceptors (Lipinski definition) is 4. The lowest BCUT2D eigenvalue weighted by atomic mass is 9.90. The molecule has 0 saturated carbocycles. The number of hydrogen-bond donors (Lipinski definition) is 1. The van der Waals surface area contributed by atoms with Crippen LogP contribution in [0.5, 0.6) is 0 Å². The zero-order chi connectivity index (χ0) is 20.2. The quantitative estimate of drug-likeness (QED) is 0.465. The molecule has 1 heterocycles. The van der Waals surface area contributed by atoms with Crippen molar-refractivity contribution in [2.75, 3.05) is 0 Å². The van der Waals surface area contributed by atoms with Gasteiger partial charge >= 0.3 is 5.97 Å². The molecule has 3 aromatic rings. The molecule has 2 atom stereocenters. The Bertz CT molecular complexity index is 1010. The number of furan rings is 1. The van der Waals surface area contributed by atoms with Crippen molar-refractivity contribution in [2.24, 2.45) is 11.1 Å². The predicted octanol–water partition coefficient (Wildman–Crippen LogP) is 5.84. The largest absolute Gasteiger partial charge is 0.481 e. The Morgan fingerprint density at radius 1 is 1.14 bits per heavy atom. The number of carbonyl (C=O) groups is 1. The number of carboxylic acid groups (broad SMARTS) is 1. The Kier molecular flexibility index (Phi) is 5.74. The molecule has 150 valence electrons. The maximum Gasteiger partial charge on any atom is 0.306 e. The van der Waals surface area contributed by atoms with Gasteiger partial charge in [-0.05, 0) is 55.7 Å². The van der Waals surface area contributed by atoms with Crippen molar-refractivity contribution in [3.8, 4) is 0 Å². The van der Waals surface area contributed by atoms with Gasteiger partial charge in [-0.2, -0.15) is 4.91 Å². The van der Waals surface area contributed by atoms with E-state index in [0.717, 1.165) is 54.4 Å². The normalized spacial score (nSPS) is 15.2. The van der Waals surface area contributed by atoms with E-state index in [-0.39, 0.29) is 6.42 Å². The molecule has 29 heavy (non-hydrogen) atoms. The van der Waals surface area contributed by atoms with Gasteiger partial charge in [0.15, 0.2) is 0 Å². The summed E-state index contributed by atoms with van der Waals surface area (Å²) in [6.45, 7) is 0. The highest BCUT2D eigenvalue weighted by molar-refractivity contribution is 5.83. The van der Waals surface area contributed by atoms with Crippen LogP contribution in [0, 0.1) is 10.8 Å². The molecule has 0 spiro atoms. The van der Waals surface area contributed by atoms with Gasteiger partial charge in [-0.3, -0.25) is 4.79 Å². The molecular weight excluding hydrogens is 366 g/mol. The van der Waals surface area contributed by atoms with Gasteiger partial charge in [0, 0.05) is 17.4 Å². The Hall–Kier alpha value is -2.95. The first-order valence-corrected chi connectivity index (χ1v) is 10.3. The van der Waals surface area contributed by atoms with E-state index < -0.39 is 17.9 Å². The Morgan fingerprint density at radius 2 is 1.97 bits per heavy atom. The molecule has 0 bridgehead atoms. The van der Waals surface area contributed by atoms with Crippen LogP contribution in [0.15, 0.2) is 58.1 Å². The number of benzene rings is 2. The highest BCUT2D eigenvalue weighted by Gasteiger charge is 2.26. The van der Waals surface area contributed by atoms with Gasteiger partial charge < -0.3 is 9.52 Å².